The van der Waals surface area contributed by atoms with E-state index in [1.54, 1.807) is 24.3 Å². The maximum atomic E-state index is 12.8. The van der Waals surface area contributed by atoms with Crippen LogP contribution in [0.3, 0.4) is 0 Å². The largest absolute Gasteiger partial charge is 0.451 e. The number of aromatic nitrogens is 2. The number of nitrogens with one attached hydrogen (secondary N) is 1. The van der Waals surface area contributed by atoms with E-state index >= 15 is 0 Å². The Kier molecular flexibility index (Phi) is 6.49. The molecule has 1 N–H and O–H groups in total. The van der Waals surface area contributed by atoms with E-state index in [4.69, 9.17) is 4.74 Å². The molecule has 0 aliphatic carbocycles. The molecule has 0 saturated carbocycles. The fourth-order valence-corrected chi connectivity index (χ4v) is 3.79. The number of aryl methyl sites for hydroxylation is 1. The van der Waals surface area contributed by atoms with Crippen LogP contribution in [0.1, 0.15) is 42.4 Å². The van der Waals surface area contributed by atoms with Crippen LogP contribution in [0.4, 0.5) is 0 Å². The van der Waals surface area contributed by atoms with Gasteiger partial charge in [-0.05, 0) is 41.8 Å². The van der Waals surface area contributed by atoms with Gasteiger partial charge in [-0.25, -0.2) is 9.48 Å². The summed E-state index contributed by atoms with van der Waals surface area (Å²) < 4.78 is 6.51. The van der Waals surface area contributed by atoms with Gasteiger partial charge in [-0.15, -0.1) is 0 Å². The predicted molar refractivity (Wildman–Crippen MR) is 127 cm³/mol. The molecule has 33 heavy (non-hydrogen) atoms. The van der Waals surface area contributed by atoms with Crippen LogP contribution in [0.25, 0.3) is 21.5 Å². The second-order valence-electron chi connectivity index (χ2n) is 7.89. The fraction of sp³-hybridized carbons (Fsp3) is 0.231. The molecule has 0 bridgehead atoms. The van der Waals surface area contributed by atoms with Gasteiger partial charge in [0.2, 0.25) is 0 Å². The monoisotopic (exact) mass is 443 g/mol. The van der Waals surface area contributed by atoms with Crippen molar-refractivity contribution in [1.29, 1.82) is 0 Å². The maximum Gasteiger partial charge on any atom is 0.359 e. The van der Waals surface area contributed by atoms with Crippen LogP contribution in [0.2, 0.25) is 0 Å². The van der Waals surface area contributed by atoms with Gasteiger partial charge >= 0.3 is 5.97 Å². The minimum Gasteiger partial charge on any atom is -0.451 e. The van der Waals surface area contributed by atoms with Crippen molar-refractivity contribution in [3.8, 4) is 0 Å². The Hall–Kier alpha value is -4.00. The zero-order valence-electron chi connectivity index (χ0n) is 18.6. The van der Waals surface area contributed by atoms with Crippen LogP contribution >= 0.6 is 0 Å². The molecule has 3 aromatic carbocycles. The summed E-state index contributed by atoms with van der Waals surface area (Å²) >= 11 is 0. The highest BCUT2D eigenvalue weighted by atomic mass is 16.5. The molecular weight excluding hydrogens is 418 g/mol. The van der Waals surface area contributed by atoms with Crippen LogP contribution in [0.15, 0.2) is 71.5 Å². The third-order valence-corrected chi connectivity index (χ3v) is 5.48. The van der Waals surface area contributed by atoms with Crippen molar-refractivity contribution in [1.82, 2.24) is 15.1 Å². The lowest BCUT2D eigenvalue weighted by atomic mass is 10.0. The van der Waals surface area contributed by atoms with E-state index in [-0.39, 0.29) is 17.3 Å². The Labute approximate surface area is 191 Å². The van der Waals surface area contributed by atoms with Gasteiger partial charge in [-0.2, -0.15) is 5.10 Å². The number of amides is 1. The van der Waals surface area contributed by atoms with Crippen molar-refractivity contribution >= 4 is 33.4 Å². The third kappa shape index (κ3) is 4.77. The van der Waals surface area contributed by atoms with Gasteiger partial charge in [-0.3, -0.25) is 9.59 Å². The summed E-state index contributed by atoms with van der Waals surface area (Å²) in [5, 5.41) is 10.1. The maximum absolute atomic E-state index is 12.8. The highest BCUT2D eigenvalue weighted by Crippen LogP contribution is 2.20. The summed E-state index contributed by atoms with van der Waals surface area (Å²) in [6, 6.07) is 20.5. The Morgan fingerprint density at radius 2 is 1.70 bits per heavy atom. The predicted octanol–water partition coefficient (Wildman–Crippen LogP) is 3.99. The van der Waals surface area contributed by atoms with E-state index < -0.39 is 18.5 Å². The lowest BCUT2D eigenvalue weighted by Crippen LogP contribution is -2.32. The van der Waals surface area contributed by atoms with E-state index in [1.165, 1.54) is 4.68 Å². The first kappa shape index (κ1) is 22.2. The quantitative estimate of drug-likeness (QED) is 0.436. The fourth-order valence-electron chi connectivity index (χ4n) is 3.79. The average Bonchev–Trinajstić information content (AvgIpc) is 2.84. The van der Waals surface area contributed by atoms with Gasteiger partial charge in [-0.1, -0.05) is 61.5 Å². The molecule has 1 amide bonds. The Morgan fingerprint density at radius 3 is 2.45 bits per heavy atom. The summed E-state index contributed by atoms with van der Waals surface area (Å²) in [6.07, 6.45) is 0.689. The van der Waals surface area contributed by atoms with Crippen LogP contribution in [-0.2, 0) is 16.1 Å². The molecule has 0 aliphatic heterocycles. The first-order valence-electron chi connectivity index (χ1n) is 10.9. The van der Waals surface area contributed by atoms with E-state index in [2.05, 4.69) is 10.4 Å². The van der Waals surface area contributed by atoms with E-state index in [1.807, 2.05) is 56.3 Å². The summed E-state index contributed by atoms with van der Waals surface area (Å²) in [5.41, 5.74) is 0.715. The number of carbonyl (C=O) groups excluding carboxylic acids is 2. The summed E-state index contributed by atoms with van der Waals surface area (Å²) in [5.74, 6) is -1.17. The van der Waals surface area contributed by atoms with Crippen molar-refractivity contribution in [2.45, 2.75) is 32.9 Å². The molecule has 4 aromatic rings. The summed E-state index contributed by atoms with van der Waals surface area (Å²) in [6.45, 7) is 3.73. The van der Waals surface area contributed by atoms with Crippen LogP contribution in [-0.4, -0.2) is 28.3 Å². The smallest absolute Gasteiger partial charge is 0.359 e. The van der Waals surface area contributed by atoms with E-state index in [0.29, 0.717) is 23.7 Å². The summed E-state index contributed by atoms with van der Waals surface area (Å²) in [7, 11) is 0. The van der Waals surface area contributed by atoms with E-state index in [9.17, 15) is 14.4 Å². The SMILES string of the molecule is CCCn1nc(C(=O)OCC(=O)NC(C)c2ccc3ccccc3c2)c2ccccc2c1=O. The topological polar surface area (TPSA) is 90.3 Å². The van der Waals surface area contributed by atoms with Gasteiger partial charge in [0.25, 0.3) is 11.5 Å². The number of nitrogens with zero attached hydrogens (tertiary/aromatic N) is 2. The van der Waals surface area contributed by atoms with Gasteiger partial charge in [0.1, 0.15) is 0 Å². The zero-order valence-corrected chi connectivity index (χ0v) is 18.6. The molecule has 1 heterocycles. The molecule has 4 rings (SSSR count). The van der Waals surface area contributed by atoms with Crippen molar-refractivity contribution in [3.05, 3.63) is 88.3 Å². The first-order chi connectivity index (χ1) is 16.0. The highest BCUT2D eigenvalue weighted by Gasteiger charge is 2.19. The molecule has 0 fully saturated rings. The van der Waals surface area contributed by atoms with Gasteiger partial charge in [0, 0.05) is 11.9 Å². The van der Waals surface area contributed by atoms with Gasteiger partial charge in [0.05, 0.1) is 11.4 Å². The molecule has 1 unspecified atom stereocenters. The lowest BCUT2D eigenvalue weighted by molar-refractivity contribution is -0.124. The number of hydrogen-bond donors (Lipinski definition) is 1. The van der Waals surface area contributed by atoms with Crippen LogP contribution in [0, 0.1) is 0 Å². The number of hydrogen-bond acceptors (Lipinski definition) is 5. The Bertz CT molecular complexity index is 1390. The third-order valence-electron chi connectivity index (χ3n) is 5.48. The number of esters is 1. The molecule has 7 heteroatoms. The highest BCUT2D eigenvalue weighted by molar-refractivity contribution is 6.02. The second kappa shape index (κ2) is 9.65. The first-order valence-corrected chi connectivity index (χ1v) is 10.9. The zero-order chi connectivity index (χ0) is 23.4. The molecule has 1 atom stereocenters. The standard InChI is InChI=1S/C26H25N3O4/c1-3-14-29-25(31)22-11-7-6-10-21(22)24(28-29)26(32)33-16-23(30)27-17(2)19-13-12-18-8-4-5-9-20(18)15-19/h4-13,15,17H,3,14,16H2,1-2H3,(H,27,30). The van der Waals surface area contributed by atoms with Crippen LogP contribution < -0.4 is 10.9 Å². The van der Waals surface area contributed by atoms with Crippen molar-refractivity contribution in [2.24, 2.45) is 0 Å². The number of rotatable bonds is 7. The molecule has 168 valence electrons. The van der Waals surface area contributed by atoms with Crippen LogP contribution in [0.5, 0.6) is 0 Å². The molecule has 0 aliphatic rings. The second-order valence-corrected chi connectivity index (χ2v) is 7.89. The van der Waals surface area contributed by atoms with E-state index in [0.717, 1.165) is 16.3 Å². The number of benzene rings is 3. The Morgan fingerprint density at radius 1 is 1.00 bits per heavy atom. The normalized spacial score (nSPS) is 11.9. The lowest BCUT2D eigenvalue weighted by Gasteiger charge is -2.15. The number of carbonyl (C=O) groups is 2. The molecule has 1 aromatic heterocycles. The molecule has 7 nitrogen and oxygen atoms in total. The number of fused-ring (bicyclic) bond motifs is 2. The number of ether oxygens (including phenoxy) is 1. The minimum atomic E-state index is -0.746. The average molecular weight is 444 g/mol. The van der Waals surface area contributed by atoms with Crippen molar-refractivity contribution < 1.29 is 14.3 Å². The van der Waals surface area contributed by atoms with Gasteiger partial charge in [0.15, 0.2) is 12.3 Å². The molecule has 0 spiro atoms. The van der Waals surface area contributed by atoms with Crippen molar-refractivity contribution in [2.75, 3.05) is 6.61 Å². The summed E-state index contributed by atoms with van der Waals surface area (Å²) in [4.78, 5) is 37.8. The Balaban J connectivity index is 1.46. The molecule has 0 saturated heterocycles. The minimum absolute atomic E-state index is 0.0222. The van der Waals surface area contributed by atoms with Crippen molar-refractivity contribution in [3.63, 3.8) is 0 Å². The van der Waals surface area contributed by atoms with Gasteiger partial charge < -0.3 is 10.1 Å². The molecular formula is C26H25N3O4. The molecule has 0 radical (unpaired) electrons.